The van der Waals surface area contributed by atoms with Crippen molar-refractivity contribution in [3.05, 3.63) is 36.7 Å². The summed E-state index contributed by atoms with van der Waals surface area (Å²) in [5, 5.41) is 4.35. The van der Waals surface area contributed by atoms with Crippen molar-refractivity contribution in [3.63, 3.8) is 0 Å². The van der Waals surface area contributed by atoms with Crippen LogP contribution < -0.4 is 10.5 Å². The number of aromatic nitrogens is 2. The molecule has 140 valence electrons. The second-order valence-corrected chi connectivity index (χ2v) is 7.62. The van der Waals surface area contributed by atoms with Crippen molar-refractivity contribution in [2.24, 2.45) is 5.92 Å². The van der Waals surface area contributed by atoms with Crippen molar-refractivity contribution in [1.82, 2.24) is 14.7 Å². The highest BCUT2D eigenvalue weighted by molar-refractivity contribution is 5.68. The first-order valence-corrected chi connectivity index (χ1v) is 8.83. The van der Waals surface area contributed by atoms with E-state index in [-0.39, 0.29) is 6.09 Å². The van der Waals surface area contributed by atoms with E-state index in [0.717, 1.165) is 13.0 Å². The Hall–Kier alpha value is -2.70. The molecule has 2 heterocycles. The van der Waals surface area contributed by atoms with Crippen LogP contribution in [0.15, 0.2) is 36.7 Å². The molecular weight excluding hydrogens is 332 g/mol. The van der Waals surface area contributed by atoms with Crippen molar-refractivity contribution < 1.29 is 14.3 Å². The maximum Gasteiger partial charge on any atom is 0.410 e. The number of benzene rings is 1. The Bertz CT molecular complexity index is 766. The third-order valence-electron chi connectivity index (χ3n) is 4.14. The Morgan fingerprint density at radius 1 is 1.35 bits per heavy atom. The Labute approximate surface area is 153 Å². The number of hydrogen-bond donors (Lipinski definition) is 1. The number of anilines is 1. The molecule has 1 fully saturated rings. The Balaban J connectivity index is 1.54. The van der Waals surface area contributed by atoms with Gasteiger partial charge in [-0.2, -0.15) is 5.10 Å². The lowest BCUT2D eigenvalue weighted by Crippen LogP contribution is -2.35. The van der Waals surface area contributed by atoms with Crippen molar-refractivity contribution in [3.8, 4) is 11.5 Å². The fraction of sp³-hybridized carbons (Fsp3) is 0.474. The number of rotatable bonds is 4. The van der Waals surface area contributed by atoms with Crippen LogP contribution in [0.25, 0.3) is 0 Å². The van der Waals surface area contributed by atoms with Gasteiger partial charge in [0.1, 0.15) is 11.4 Å². The third-order valence-corrected chi connectivity index (χ3v) is 4.14. The monoisotopic (exact) mass is 358 g/mol. The molecule has 0 spiro atoms. The number of nitrogens with zero attached hydrogens (tertiary/aromatic N) is 3. The molecule has 0 saturated carbocycles. The Morgan fingerprint density at radius 2 is 2.12 bits per heavy atom. The summed E-state index contributed by atoms with van der Waals surface area (Å²) in [5.41, 5.74) is 6.01. The quantitative estimate of drug-likeness (QED) is 0.846. The predicted molar refractivity (Wildman–Crippen MR) is 99.1 cm³/mol. The van der Waals surface area contributed by atoms with E-state index in [9.17, 15) is 4.79 Å². The minimum absolute atomic E-state index is 0.246. The zero-order valence-electron chi connectivity index (χ0n) is 15.5. The summed E-state index contributed by atoms with van der Waals surface area (Å²) in [6, 6.07) is 7.36. The third kappa shape index (κ3) is 4.68. The first-order valence-electron chi connectivity index (χ1n) is 8.83. The normalized spacial score (nSPS) is 17.3. The number of nitrogen functional groups attached to an aromatic ring is 1. The summed E-state index contributed by atoms with van der Waals surface area (Å²) >= 11 is 0. The molecule has 0 bridgehead atoms. The fourth-order valence-electron chi connectivity index (χ4n) is 2.94. The summed E-state index contributed by atoms with van der Waals surface area (Å²) in [4.78, 5) is 13.9. The van der Waals surface area contributed by atoms with Crippen molar-refractivity contribution in [2.45, 2.75) is 39.3 Å². The lowest BCUT2D eigenvalue weighted by Gasteiger charge is -2.24. The van der Waals surface area contributed by atoms with Gasteiger partial charge in [0.2, 0.25) is 0 Å². The van der Waals surface area contributed by atoms with E-state index < -0.39 is 5.60 Å². The molecule has 1 aromatic carbocycles. The number of likely N-dealkylation sites (tertiary alicyclic amines) is 1. The molecule has 7 heteroatoms. The SMILES string of the molecule is CC(C)(C)OC(=O)N1CCC(Cn2cc(Oc3ccccc3N)cn2)C1. The van der Waals surface area contributed by atoms with Crippen molar-refractivity contribution >= 4 is 11.8 Å². The molecule has 1 amide bonds. The molecule has 1 atom stereocenters. The van der Waals surface area contributed by atoms with E-state index >= 15 is 0 Å². The minimum Gasteiger partial charge on any atom is -0.452 e. The lowest BCUT2D eigenvalue weighted by molar-refractivity contribution is 0.0286. The van der Waals surface area contributed by atoms with E-state index in [0.29, 0.717) is 36.2 Å². The van der Waals surface area contributed by atoms with Crippen LogP contribution in [-0.2, 0) is 11.3 Å². The fourth-order valence-corrected chi connectivity index (χ4v) is 2.94. The van der Waals surface area contributed by atoms with Gasteiger partial charge >= 0.3 is 6.09 Å². The van der Waals surface area contributed by atoms with Gasteiger partial charge in [-0.25, -0.2) is 4.79 Å². The predicted octanol–water partition coefficient (Wildman–Crippen LogP) is 3.51. The van der Waals surface area contributed by atoms with Gasteiger partial charge in [-0.15, -0.1) is 0 Å². The van der Waals surface area contributed by atoms with Crippen molar-refractivity contribution in [2.75, 3.05) is 18.8 Å². The van der Waals surface area contributed by atoms with E-state index in [2.05, 4.69) is 5.10 Å². The highest BCUT2D eigenvalue weighted by atomic mass is 16.6. The van der Waals surface area contributed by atoms with Crippen LogP contribution in [0.1, 0.15) is 27.2 Å². The maximum absolute atomic E-state index is 12.1. The standard InChI is InChI=1S/C19H26N4O3/c1-19(2,3)26-18(24)22-9-8-14(11-22)12-23-13-15(10-21-23)25-17-7-5-4-6-16(17)20/h4-7,10,13-14H,8-9,11-12,20H2,1-3H3. The first kappa shape index (κ1) is 18.1. The van der Waals surface area contributed by atoms with E-state index in [1.165, 1.54) is 0 Å². The zero-order valence-corrected chi connectivity index (χ0v) is 15.5. The number of ether oxygens (including phenoxy) is 2. The number of nitrogens with two attached hydrogens (primary N) is 1. The second kappa shape index (κ2) is 7.27. The largest absolute Gasteiger partial charge is 0.452 e. The van der Waals surface area contributed by atoms with E-state index in [1.54, 1.807) is 17.2 Å². The molecule has 2 N–H and O–H groups in total. The van der Waals surface area contributed by atoms with E-state index in [1.807, 2.05) is 49.8 Å². The van der Waals surface area contributed by atoms with Gasteiger partial charge in [0, 0.05) is 19.6 Å². The smallest absolute Gasteiger partial charge is 0.410 e. The van der Waals surface area contributed by atoms with Crippen molar-refractivity contribution in [1.29, 1.82) is 0 Å². The van der Waals surface area contributed by atoms with Crippen LogP contribution in [0.4, 0.5) is 10.5 Å². The zero-order chi connectivity index (χ0) is 18.7. The lowest BCUT2D eigenvalue weighted by atomic mass is 10.1. The highest BCUT2D eigenvalue weighted by Gasteiger charge is 2.30. The number of carbonyl (C=O) groups excluding carboxylic acids is 1. The molecule has 1 aromatic heterocycles. The first-order chi connectivity index (χ1) is 12.3. The summed E-state index contributed by atoms with van der Waals surface area (Å²) in [6.45, 7) is 7.75. The molecule has 2 aromatic rings. The van der Waals surface area contributed by atoms with Gasteiger partial charge in [0.15, 0.2) is 5.75 Å². The minimum atomic E-state index is -0.470. The summed E-state index contributed by atoms with van der Waals surface area (Å²) in [5.74, 6) is 1.60. The number of para-hydroxylation sites is 2. The number of carbonyl (C=O) groups is 1. The van der Waals surface area contributed by atoms with Crippen LogP contribution in [0.5, 0.6) is 11.5 Å². The highest BCUT2D eigenvalue weighted by Crippen LogP contribution is 2.27. The molecule has 1 unspecified atom stereocenters. The molecule has 0 aliphatic carbocycles. The van der Waals surface area contributed by atoms with Gasteiger partial charge in [0.25, 0.3) is 0 Å². The molecule has 3 rings (SSSR count). The summed E-state index contributed by atoms with van der Waals surface area (Å²) in [6.07, 6.45) is 4.21. The molecule has 0 radical (unpaired) electrons. The average Bonchev–Trinajstić information content (AvgIpc) is 3.18. The molecule has 7 nitrogen and oxygen atoms in total. The second-order valence-electron chi connectivity index (χ2n) is 7.62. The van der Waals surface area contributed by atoms with Gasteiger partial charge in [0.05, 0.1) is 18.1 Å². The Morgan fingerprint density at radius 3 is 2.85 bits per heavy atom. The summed E-state index contributed by atoms with van der Waals surface area (Å²) < 4.78 is 13.1. The average molecular weight is 358 g/mol. The molecule has 1 saturated heterocycles. The van der Waals surface area contributed by atoms with Gasteiger partial charge in [-0.1, -0.05) is 12.1 Å². The Kier molecular flexibility index (Phi) is 5.06. The maximum atomic E-state index is 12.1. The van der Waals surface area contributed by atoms with Crippen LogP contribution >= 0.6 is 0 Å². The van der Waals surface area contributed by atoms with Crippen LogP contribution in [0.3, 0.4) is 0 Å². The van der Waals surface area contributed by atoms with Gasteiger partial charge in [-0.05, 0) is 45.2 Å². The van der Waals surface area contributed by atoms with Gasteiger partial charge in [-0.3, -0.25) is 4.68 Å². The molecule has 1 aliphatic rings. The van der Waals surface area contributed by atoms with E-state index in [4.69, 9.17) is 15.2 Å². The summed E-state index contributed by atoms with van der Waals surface area (Å²) in [7, 11) is 0. The number of hydrogen-bond acceptors (Lipinski definition) is 5. The topological polar surface area (TPSA) is 82.6 Å². The number of amides is 1. The molecular formula is C19H26N4O3. The molecule has 1 aliphatic heterocycles. The van der Waals surface area contributed by atoms with Crippen LogP contribution in [0, 0.1) is 5.92 Å². The van der Waals surface area contributed by atoms with Crippen LogP contribution in [-0.4, -0.2) is 39.5 Å². The molecule has 26 heavy (non-hydrogen) atoms. The van der Waals surface area contributed by atoms with Gasteiger partial charge < -0.3 is 20.1 Å². The van der Waals surface area contributed by atoms with Crippen LogP contribution in [0.2, 0.25) is 0 Å².